The first-order chi connectivity index (χ1) is 13.1. The van der Waals surface area contributed by atoms with Crippen LogP contribution in [0.15, 0.2) is 59.5 Å². The zero-order valence-electron chi connectivity index (χ0n) is 15.3. The van der Waals surface area contributed by atoms with Crippen LogP contribution in [-0.2, 0) is 11.3 Å². The Bertz CT molecular complexity index is 992. The lowest BCUT2D eigenvalue weighted by Crippen LogP contribution is -2.21. The molecule has 3 rings (SSSR count). The first kappa shape index (κ1) is 18.7. The summed E-state index contributed by atoms with van der Waals surface area (Å²) in [6.45, 7) is 0.822. The number of ether oxygens (including phenoxy) is 3. The molecular weight excluding hydrogens is 346 g/mol. The molecule has 0 aliphatic carbocycles. The normalized spacial score (nSPS) is 10.7. The summed E-state index contributed by atoms with van der Waals surface area (Å²) in [5.74, 6) is 1.04. The van der Waals surface area contributed by atoms with E-state index in [0.717, 1.165) is 0 Å². The molecule has 6 heteroatoms. The average Bonchev–Trinajstić information content (AvgIpc) is 2.71. The third kappa shape index (κ3) is 4.17. The molecule has 1 heterocycles. The van der Waals surface area contributed by atoms with Crippen LogP contribution in [0.25, 0.3) is 10.8 Å². The van der Waals surface area contributed by atoms with Crippen molar-refractivity contribution in [3.63, 3.8) is 0 Å². The number of benzene rings is 2. The summed E-state index contributed by atoms with van der Waals surface area (Å²) in [5.41, 5.74) is 0.425. The van der Waals surface area contributed by atoms with Crippen molar-refractivity contribution in [3.05, 3.63) is 70.6 Å². The molecule has 0 aliphatic heterocycles. The molecule has 0 aliphatic rings. The molecule has 0 saturated heterocycles. The van der Waals surface area contributed by atoms with Gasteiger partial charge in [-0.15, -0.1) is 0 Å². The fraction of sp³-hybridized carbons (Fsp3) is 0.238. The van der Waals surface area contributed by atoms with E-state index in [2.05, 4.69) is 0 Å². The van der Waals surface area contributed by atoms with Gasteiger partial charge in [0.15, 0.2) is 12.4 Å². The first-order valence-electron chi connectivity index (χ1n) is 8.55. The summed E-state index contributed by atoms with van der Waals surface area (Å²) in [5, 5.41) is 1.22. The molecule has 0 amide bonds. The second kappa shape index (κ2) is 8.51. The Morgan fingerprint density at radius 3 is 2.48 bits per heavy atom. The van der Waals surface area contributed by atoms with Gasteiger partial charge in [-0.3, -0.25) is 9.59 Å². The SMILES string of the molecule is COCCn1ccc2c(OCC(=O)c3ccc(OC)cc3)cccc2c1=O. The van der Waals surface area contributed by atoms with Gasteiger partial charge in [-0.2, -0.15) is 0 Å². The lowest BCUT2D eigenvalue weighted by atomic mass is 10.1. The zero-order valence-corrected chi connectivity index (χ0v) is 15.3. The Morgan fingerprint density at radius 2 is 1.78 bits per heavy atom. The van der Waals surface area contributed by atoms with Crippen molar-refractivity contribution in [1.82, 2.24) is 4.57 Å². The largest absolute Gasteiger partial charge is 0.497 e. The lowest BCUT2D eigenvalue weighted by molar-refractivity contribution is 0.0922. The second-order valence-corrected chi connectivity index (χ2v) is 5.96. The summed E-state index contributed by atoms with van der Waals surface area (Å²) >= 11 is 0. The molecule has 0 unspecified atom stereocenters. The van der Waals surface area contributed by atoms with Crippen LogP contribution in [-0.4, -0.2) is 37.8 Å². The van der Waals surface area contributed by atoms with Crippen LogP contribution in [0.2, 0.25) is 0 Å². The van der Waals surface area contributed by atoms with Crippen LogP contribution in [0.3, 0.4) is 0 Å². The minimum Gasteiger partial charge on any atom is -0.497 e. The number of pyridine rings is 1. The molecule has 0 fully saturated rings. The monoisotopic (exact) mass is 367 g/mol. The van der Waals surface area contributed by atoms with Crippen molar-refractivity contribution >= 4 is 16.6 Å². The number of methoxy groups -OCH3 is 2. The van der Waals surface area contributed by atoms with Gasteiger partial charge < -0.3 is 18.8 Å². The zero-order chi connectivity index (χ0) is 19.2. The summed E-state index contributed by atoms with van der Waals surface area (Å²) < 4.78 is 17.4. The Hall–Kier alpha value is -3.12. The smallest absolute Gasteiger partial charge is 0.258 e. The minimum atomic E-state index is -0.150. The Kier molecular flexibility index (Phi) is 5.88. The van der Waals surface area contributed by atoms with Gasteiger partial charge in [-0.05, 0) is 42.5 Å². The van der Waals surface area contributed by atoms with Crippen molar-refractivity contribution in [2.45, 2.75) is 6.54 Å². The highest BCUT2D eigenvalue weighted by Gasteiger charge is 2.11. The van der Waals surface area contributed by atoms with Gasteiger partial charge in [0.1, 0.15) is 11.5 Å². The van der Waals surface area contributed by atoms with E-state index >= 15 is 0 Å². The molecule has 140 valence electrons. The number of rotatable bonds is 8. The number of fused-ring (bicyclic) bond motifs is 1. The maximum absolute atomic E-state index is 12.6. The Labute approximate surface area is 156 Å². The van der Waals surface area contributed by atoms with E-state index in [4.69, 9.17) is 14.2 Å². The van der Waals surface area contributed by atoms with Gasteiger partial charge >= 0.3 is 0 Å². The number of carbonyl (C=O) groups excluding carboxylic acids is 1. The molecule has 0 N–H and O–H groups in total. The number of hydrogen-bond acceptors (Lipinski definition) is 5. The number of carbonyl (C=O) groups is 1. The second-order valence-electron chi connectivity index (χ2n) is 5.96. The summed E-state index contributed by atoms with van der Waals surface area (Å²) in [6, 6.07) is 13.9. The van der Waals surface area contributed by atoms with E-state index in [1.807, 2.05) is 6.07 Å². The van der Waals surface area contributed by atoms with Crippen LogP contribution in [0.4, 0.5) is 0 Å². The molecule has 27 heavy (non-hydrogen) atoms. The van der Waals surface area contributed by atoms with Gasteiger partial charge in [-0.1, -0.05) is 6.07 Å². The minimum absolute atomic E-state index is 0.113. The highest BCUT2D eigenvalue weighted by molar-refractivity contribution is 5.97. The number of Topliss-reactive ketones (excluding diaryl/α,β-unsaturated/α-hetero) is 1. The predicted molar refractivity (Wildman–Crippen MR) is 103 cm³/mol. The highest BCUT2D eigenvalue weighted by atomic mass is 16.5. The van der Waals surface area contributed by atoms with Crippen molar-refractivity contribution < 1.29 is 19.0 Å². The highest BCUT2D eigenvalue weighted by Crippen LogP contribution is 2.23. The molecule has 3 aromatic rings. The Balaban J connectivity index is 1.79. The third-order valence-electron chi connectivity index (χ3n) is 4.29. The Morgan fingerprint density at radius 1 is 1.00 bits per heavy atom. The van der Waals surface area contributed by atoms with Crippen LogP contribution in [0.5, 0.6) is 11.5 Å². The number of hydrogen-bond donors (Lipinski definition) is 0. The van der Waals surface area contributed by atoms with Gasteiger partial charge in [0.2, 0.25) is 0 Å². The fourth-order valence-electron chi connectivity index (χ4n) is 2.78. The first-order valence-corrected chi connectivity index (χ1v) is 8.55. The number of ketones is 1. The van der Waals surface area contributed by atoms with Crippen molar-refractivity contribution in [1.29, 1.82) is 0 Å². The fourth-order valence-corrected chi connectivity index (χ4v) is 2.78. The summed E-state index contributed by atoms with van der Waals surface area (Å²) in [4.78, 5) is 24.9. The quantitative estimate of drug-likeness (QED) is 0.573. The average molecular weight is 367 g/mol. The molecular formula is C21H21NO5. The van der Waals surface area contributed by atoms with Crippen LogP contribution < -0.4 is 15.0 Å². The molecule has 0 spiro atoms. The third-order valence-corrected chi connectivity index (χ3v) is 4.29. The van der Waals surface area contributed by atoms with Gasteiger partial charge in [0.05, 0.1) is 19.1 Å². The summed E-state index contributed by atoms with van der Waals surface area (Å²) in [6.07, 6.45) is 1.71. The van der Waals surface area contributed by atoms with Gasteiger partial charge in [0.25, 0.3) is 5.56 Å². The molecule has 0 radical (unpaired) electrons. The molecule has 6 nitrogen and oxygen atoms in total. The van der Waals surface area contributed by atoms with E-state index in [9.17, 15) is 9.59 Å². The van der Waals surface area contributed by atoms with Crippen LogP contribution in [0.1, 0.15) is 10.4 Å². The lowest BCUT2D eigenvalue weighted by Gasteiger charge is -2.11. The molecule has 2 aromatic carbocycles. The van der Waals surface area contributed by atoms with Crippen molar-refractivity contribution in [3.8, 4) is 11.5 Å². The predicted octanol–water partition coefficient (Wildman–Crippen LogP) is 2.92. The maximum atomic E-state index is 12.6. The molecule has 0 saturated carbocycles. The van der Waals surface area contributed by atoms with E-state index < -0.39 is 0 Å². The summed E-state index contributed by atoms with van der Waals surface area (Å²) in [7, 11) is 3.17. The molecule has 1 aromatic heterocycles. The standard InChI is InChI=1S/C21H21NO5/c1-25-13-12-22-11-10-17-18(21(22)24)4-3-5-20(17)27-14-19(23)15-6-8-16(26-2)9-7-15/h3-11H,12-14H2,1-2H3. The van der Waals surface area contributed by atoms with E-state index in [1.54, 1.807) is 67.4 Å². The van der Waals surface area contributed by atoms with Crippen molar-refractivity contribution in [2.75, 3.05) is 27.4 Å². The van der Waals surface area contributed by atoms with E-state index in [1.165, 1.54) is 0 Å². The van der Waals surface area contributed by atoms with Crippen LogP contribution in [0, 0.1) is 0 Å². The van der Waals surface area contributed by atoms with E-state index in [-0.39, 0.29) is 17.9 Å². The number of aromatic nitrogens is 1. The maximum Gasteiger partial charge on any atom is 0.258 e. The molecule has 0 atom stereocenters. The van der Waals surface area contributed by atoms with E-state index in [0.29, 0.717) is 41.0 Å². The van der Waals surface area contributed by atoms with Gasteiger partial charge in [0, 0.05) is 30.8 Å². The van der Waals surface area contributed by atoms with Crippen molar-refractivity contribution in [2.24, 2.45) is 0 Å². The van der Waals surface area contributed by atoms with Gasteiger partial charge in [-0.25, -0.2) is 0 Å². The molecule has 0 bridgehead atoms. The number of nitrogens with zero attached hydrogens (tertiary/aromatic N) is 1. The topological polar surface area (TPSA) is 66.8 Å². The van der Waals surface area contributed by atoms with Crippen LogP contribution >= 0.6 is 0 Å².